The van der Waals surface area contributed by atoms with Crippen molar-refractivity contribution in [3.05, 3.63) is 51.7 Å². The van der Waals surface area contributed by atoms with Crippen LogP contribution >= 0.6 is 11.3 Å². The summed E-state index contributed by atoms with van der Waals surface area (Å²) in [6, 6.07) is 8.10. The minimum absolute atomic E-state index is 0.424. The van der Waals surface area contributed by atoms with Gasteiger partial charge in [0, 0.05) is 29.4 Å². The van der Waals surface area contributed by atoms with E-state index in [-0.39, 0.29) is 0 Å². The molecular weight excluding hydrogens is 282 g/mol. The molecule has 5 heteroatoms. The minimum Gasteiger partial charge on any atom is -0.459 e. The van der Waals surface area contributed by atoms with Crippen LogP contribution < -0.4 is 5.73 Å². The van der Waals surface area contributed by atoms with E-state index >= 15 is 0 Å². The Morgan fingerprint density at radius 2 is 2.10 bits per heavy atom. The largest absolute Gasteiger partial charge is 0.459 e. The van der Waals surface area contributed by atoms with Crippen LogP contribution in [0.1, 0.15) is 22.0 Å². The zero-order valence-electron chi connectivity index (χ0n) is 12.3. The van der Waals surface area contributed by atoms with E-state index in [4.69, 9.17) is 10.2 Å². The van der Waals surface area contributed by atoms with Crippen LogP contribution in [-0.4, -0.2) is 16.9 Å². The van der Waals surface area contributed by atoms with Crippen molar-refractivity contribution >= 4 is 22.3 Å². The van der Waals surface area contributed by atoms with Crippen molar-refractivity contribution < 1.29 is 4.42 Å². The Hall–Kier alpha value is -1.69. The summed E-state index contributed by atoms with van der Waals surface area (Å²) in [5, 5.41) is 4.37. The topological polar surface area (TPSA) is 55.3 Å². The first kappa shape index (κ1) is 14.3. The normalized spacial score (nSPS) is 11.6. The summed E-state index contributed by atoms with van der Waals surface area (Å²) in [5.74, 6) is 0.873. The van der Waals surface area contributed by atoms with E-state index in [1.165, 1.54) is 5.56 Å². The summed E-state index contributed by atoms with van der Waals surface area (Å²) in [4.78, 5) is 6.75. The van der Waals surface area contributed by atoms with E-state index in [9.17, 15) is 0 Å². The average Bonchev–Trinajstić information content (AvgIpc) is 3.03. The highest BCUT2D eigenvalue weighted by molar-refractivity contribution is 7.09. The van der Waals surface area contributed by atoms with Crippen molar-refractivity contribution in [2.75, 3.05) is 7.05 Å². The zero-order valence-corrected chi connectivity index (χ0v) is 13.1. The van der Waals surface area contributed by atoms with E-state index in [1.807, 2.05) is 25.1 Å². The summed E-state index contributed by atoms with van der Waals surface area (Å²) in [6.45, 7) is 4.09. The number of rotatable bonds is 5. The highest BCUT2D eigenvalue weighted by Gasteiger charge is 2.15. The van der Waals surface area contributed by atoms with Gasteiger partial charge in [-0.3, -0.25) is 4.90 Å². The Kier molecular flexibility index (Phi) is 4.05. The first-order chi connectivity index (χ1) is 10.2. The van der Waals surface area contributed by atoms with Gasteiger partial charge in [-0.2, -0.15) is 0 Å². The number of hydrogen-bond donors (Lipinski definition) is 1. The zero-order chi connectivity index (χ0) is 14.8. The maximum absolute atomic E-state index is 5.84. The standard InChI is InChI=1S/C16H19N3OS/c1-11-18-12(10-21-11)8-19(2)9-14-13-5-3-4-6-15(13)20-16(14)7-17/h3-6,10H,7-9,17H2,1-2H3. The Balaban J connectivity index is 1.83. The van der Waals surface area contributed by atoms with Crippen molar-refractivity contribution in [1.82, 2.24) is 9.88 Å². The molecule has 2 aromatic heterocycles. The van der Waals surface area contributed by atoms with Crippen molar-refractivity contribution in [3.8, 4) is 0 Å². The number of thiazole rings is 1. The van der Waals surface area contributed by atoms with E-state index < -0.39 is 0 Å². The number of aryl methyl sites for hydroxylation is 1. The summed E-state index contributed by atoms with van der Waals surface area (Å²) in [6.07, 6.45) is 0. The van der Waals surface area contributed by atoms with Gasteiger partial charge in [0.25, 0.3) is 0 Å². The van der Waals surface area contributed by atoms with E-state index in [2.05, 4.69) is 28.4 Å². The first-order valence-electron chi connectivity index (χ1n) is 6.96. The maximum Gasteiger partial charge on any atom is 0.134 e. The van der Waals surface area contributed by atoms with Crippen LogP contribution in [0.2, 0.25) is 0 Å². The van der Waals surface area contributed by atoms with E-state index in [0.717, 1.165) is 40.5 Å². The average molecular weight is 301 g/mol. The summed E-state index contributed by atoms with van der Waals surface area (Å²) >= 11 is 1.69. The third-order valence-electron chi connectivity index (χ3n) is 3.49. The van der Waals surface area contributed by atoms with Crippen LogP contribution in [0.15, 0.2) is 34.1 Å². The van der Waals surface area contributed by atoms with Gasteiger partial charge in [0.05, 0.1) is 17.2 Å². The highest BCUT2D eigenvalue weighted by Crippen LogP contribution is 2.27. The molecule has 4 nitrogen and oxygen atoms in total. The van der Waals surface area contributed by atoms with Gasteiger partial charge >= 0.3 is 0 Å². The number of nitrogens with zero attached hydrogens (tertiary/aromatic N) is 2. The van der Waals surface area contributed by atoms with Crippen LogP contribution in [0.3, 0.4) is 0 Å². The van der Waals surface area contributed by atoms with Gasteiger partial charge in [-0.1, -0.05) is 18.2 Å². The third-order valence-corrected chi connectivity index (χ3v) is 4.32. The SMILES string of the molecule is Cc1nc(CN(C)Cc2c(CN)oc3ccccc23)cs1. The molecule has 0 saturated heterocycles. The molecule has 0 aliphatic carbocycles. The number of fused-ring (bicyclic) bond motifs is 1. The number of furan rings is 1. The number of benzene rings is 1. The Bertz CT molecular complexity index is 747. The molecule has 0 aliphatic rings. The molecule has 0 atom stereocenters. The Morgan fingerprint density at radius 3 is 2.81 bits per heavy atom. The van der Waals surface area contributed by atoms with E-state index in [1.54, 1.807) is 11.3 Å². The molecule has 2 heterocycles. The van der Waals surface area contributed by atoms with Gasteiger partial charge in [0.2, 0.25) is 0 Å². The van der Waals surface area contributed by atoms with E-state index in [0.29, 0.717) is 6.54 Å². The molecular formula is C16H19N3OS. The van der Waals surface area contributed by atoms with Gasteiger partial charge in [0.1, 0.15) is 11.3 Å². The van der Waals surface area contributed by atoms with Crippen LogP contribution in [0.4, 0.5) is 0 Å². The molecule has 110 valence electrons. The molecule has 1 aromatic carbocycles. The lowest BCUT2D eigenvalue weighted by Gasteiger charge is -2.15. The molecule has 0 spiro atoms. The molecule has 0 radical (unpaired) electrons. The van der Waals surface area contributed by atoms with Crippen LogP contribution in [0.5, 0.6) is 0 Å². The molecule has 3 aromatic rings. The highest BCUT2D eigenvalue weighted by atomic mass is 32.1. The predicted molar refractivity (Wildman–Crippen MR) is 86.1 cm³/mol. The van der Waals surface area contributed by atoms with Crippen LogP contribution in [0.25, 0.3) is 11.0 Å². The molecule has 3 rings (SSSR count). The van der Waals surface area contributed by atoms with Crippen molar-refractivity contribution in [1.29, 1.82) is 0 Å². The van der Waals surface area contributed by atoms with Gasteiger partial charge in [-0.25, -0.2) is 4.98 Å². The van der Waals surface area contributed by atoms with Crippen LogP contribution in [-0.2, 0) is 19.6 Å². The quantitative estimate of drug-likeness (QED) is 0.785. The lowest BCUT2D eigenvalue weighted by Crippen LogP contribution is -2.18. The van der Waals surface area contributed by atoms with Gasteiger partial charge in [-0.15, -0.1) is 11.3 Å². The molecule has 0 unspecified atom stereocenters. The fraction of sp³-hybridized carbons (Fsp3) is 0.312. The molecule has 2 N–H and O–H groups in total. The maximum atomic E-state index is 5.84. The van der Waals surface area contributed by atoms with Gasteiger partial charge < -0.3 is 10.2 Å². The molecule has 0 aliphatic heterocycles. The lowest BCUT2D eigenvalue weighted by molar-refractivity contribution is 0.313. The molecule has 0 saturated carbocycles. The number of aromatic nitrogens is 1. The number of nitrogens with two attached hydrogens (primary N) is 1. The molecule has 0 bridgehead atoms. The van der Waals surface area contributed by atoms with Gasteiger partial charge in [-0.05, 0) is 20.0 Å². The minimum atomic E-state index is 0.424. The second-order valence-electron chi connectivity index (χ2n) is 5.23. The fourth-order valence-electron chi connectivity index (χ4n) is 2.57. The summed E-state index contributed by atoms with van der Waals surface area (Å²) in [7, 11) is 2.09. The molecule has 21 heavy (non-hydrogen) atoms. The number of para-hydroxylation sites is 1. The Morgan fingerprint density at radius 1 is 1.29 bits per heavy atom. The lowest BCUT2D eigenvalue weighted by atomic mass is 10.1. The second-order valence-corrected chi connectivity index (χ2v) is 6.30. The smallest absolute Gasteiger partial charge is 0.134 e. The second kappa shape index (κ2) is 5.97. The Labute approximate surface area is 128 Å². The monoisotopic (exact) mass is 301 g/mol. The third kappa shape index (κ3) is 3.00. The van der Waals surface area contributed by atoms with Gasteiger partial charge in [0.15, 0.2) is 0 Å². The molecule has 0 fully saturated rings. The van der Waals surface area contributed by atoms with Crippen LogP contribution in [0, 0.1) is 6.92 Å². The summed E-state index contributed by atoms with van der Waals surface area (Å²) in [5.41, 5.74) is 9.03. The number of hydrogen-bond acceptors (Lipinski definition) is 5. The fourth-order valence-corrected chi connectivity index (χ4v) is 3.17. The summed E-state index contributed by atoms with van der Waals surface area (Å²) < 4.78 is 5.84. The van der Waals surface area contributed by atoms with Crippen molar-refractivity contribution in [2.45, 2.75) is 26.6 Å². The first-order valence-corrected chi connectivity index (χ1v) is 7.84. The predicted octanol–water partition coefficient (Wildman–Crippen LogP) is 3.29. The molecule has 0 amide bonds. The van der Waals surface area contributed by atoms with Crippen molar-refractivity contribution in [3.63, 3.8) is 0 Å². The van der Waals surface area contributed by atoms with Crippen molar-refractivity contribution in [2.24, 2.45) is 5.73 Å².